The molecule has 0 radical (unpaired) electrons. The Morgan fingerprint density at radius 3 is 2.55 bits per heavy atom. The lowest BCUT2D eigenvalue weighted by atomic mass is 10.1. The van der Waals surface area contributed by atoms with E-state index in [1.165, 1.54) is 11.3 Å². The van der Waals surface area contributed by atoms with Gasteiger partial charge in [-0.05, 0) is 47.0 Å². The molecule has 2 rings (SSSR count). The summed E-state index contributed by atoms with van der Waals surface area (Å²) in [6.45, 7) is 7.89. The quantitative estimate of drug-likeness (QED) is 0.368. The Balaban J connectivity index is 1.99. The van der Waals surface area contributed by atoms with E-state index in [4.69, 9.17) is 17.0 Å². The molecule has 1 heterocycles. The van der Waals surface area contributed by atoms with Gasteiger partial charge in [0.25, 0.3) is 0 Å². The number of nitrogens with zero attached hydrogens (tertiary/aromatic N) is 1. The molecule has 0 fully saturated rings. The molecule has 2 aromatic rings. The van der Waals surface area contributed by atoms with Crippen LogP contribution in [0.15, 0.2) is 35.7 Å². The molecule has 0 saturated heterocycles. The number of carbonyl (C=O) groups is 2. The van der Waals surface area contributed by atoms with Crippen molar-refractivity contribution in [2.75, 3.05) is 11.9 Å². The zero-order chi connectivity index (χ0) is 22.9. The molecule has 1 atom stereocenters. The van der Waals surface area contributed by atoms with Crippen LogP contribution in [0.3, 0.4) is 0 Å². The molecular weight excluding hydrogens is 432 g/mol. The number of aromatic nitrogens is 1. The van der Waals surface area contributed by atoms with Gasteiger partial charge in [0.2, 0.25) is 5.91 Å². The smallest absolute Gasteiger partial charge is 0.408 e. The maximum Gasteiger partial charge on any atom is 0.408 e. The lowest BCUT2D eigenvalue weighted by Crippen LogP contribution is -2.45. The Morgan fingerprint density at radius 1 is 1.19 bits per heavy atom. The second kappa shape index (κ2) is 11.8. The molecule has 2 amide bonds. The molecule has 0 bridgehead atoms. The molecule has 9 heteroatoms. The highest BCUT2D eigenvalue weighted by atomic mass is 32.1. The van der Waals surface area contributed by atoms with Crippen LogP contribution in [0.2, 0.25) is 0 Å². The van der Waals surface area contributed by atoms with Crippen LogP contribution in [-0.4, -0.2) is 40.2 Å². The highest BCUT2D eigenvalue weighted by Crippen LogP contribution is 2.24. The number of anilines is 1. The molecule has 0 aliphatic heterocycles. The summed E-state index contributed by atoms with van der Waals surface area (Å²) in [5.74, 6) is -0.321. The number of benzene rings is 1. The first kappa shape index (κ1) is 24.7. The normalized spacial score (nSPS) is 12.0. The molecule has 0 saturated carbocycles. The summed E-state index contributed by atoms with van der Waals surface area (Å²) in [5.41, 5.74) is 1.12. The van der Waals surface area contributed by atoms with E-state index in [9.17, 15) is 9.59 Å². The van der Waals surface area contributed by atoms with Crippen molar-refractivity contribution in [3.63, 3.8) is 0 Å². The van der Waals surface area contributed by atoms with E-state index in [0.717, 1.165) is 35.6 Å². The zero-order valence-corrected chi connectivity index (χ0v) is 20.0. The molecule has 0 spiro atoms. The zero-order valence-electron chi connectivity index (χ0n) is 18.4. The Labute approximate surface area is 193 Å². The van der Waals surface area contributed by atoms with Gasteiger partial charge in [-0.15, -0.1) is 11.3 Å². The van der Waals surface area contributed by atoms with E-state index in [1.807, 2.05) is 42.6 Å². The van der Waals surface area contributed by atoms with Gasteiger partial charge < -0.3 is 20.7 Å². The molecule has 31 heavy (non-hydrogen) atoms. The summed E-state index contributed by atoms with van der Waals surface area (Å²) in [5, 5.41) is 11.0. The number of ether oxygens (including phenoxy) is 1. The van der Waals surface area contributed by atoms with Gasteiger partial charge in [0.05, 0.1) is 10.7 Å². The SMILES string of the molecule is CC(=S)NCCCC[C@H](NC(=O)OC(C)(C)C)C(=O)Nc1nc(-c2ccccc2)cs1. The maximum atomic E-state index is 12.9. The Kier molecular flexibility index (Phi) is 9.39. The molecule has 1 aromatic heterocycles. The van der Waals surface area contributed by atoms with Gasteiger partial charge in [0, 0.05) is 17.5 Å². The number of thiazole rings is 1. The fourth-order valence-corrected chi connectivity index (χ4v) is 3.55. The van der Waals surface area contributed by atoms with Crippen molar-refractivity contribution in [2.45, 2.75) is 58.6 Å². The number of hydrogen-bond acceptors (Lipinski definition) is 6. The van der Waals surface area contributed by atoms with Crippen LogP contribution < -0.4 is 16.0 Å². The maximum absolute atomic E-state index is 12.9. The van der Waals surface area contributed by atoms with Crippen LogP contribution in [0.5, 0.6) is 0 Å². The van der Waals surface area contributed by atoms with Crippen molar-refractivity contribution >= 4 is 45.7 Å². The van der Waals surface area contributed by atoms with Gasteiger partial charge in [0.1, 0.15) is 11.6 Å². The standard InChI is InChI=1S/C22H30N4O3S2/c1-15(30)23-13-9-8-12-17(25-21(28)29-22(2,3)4)19(27)26-20-24-18(14-31-20)16-10-6-5-7-11-16/h5-7,10-11,14,17H,8-9,12-13H2,1-4H3,(H,23,30)(H,25,28)(H,24,26,27)/t17-/m0/s1. The molecule has 168 valence electrons. The molecule has 3 N–H and O–H groups in total. The fourth-order valence-electron chi connectivity index (χ4n) is 2.72. The molecule has 0 aliphatic rings. The Hall–Kier alpha value is -2.52. The summed E-state index contributed by atoms with van der Waals surface area (Å²) in [6, 6.07) is 9.01. The van der Waals surface area contributed by atoms with Gasteiger partial charge in [-0.3, -0.25) is 4.79 Å². The lowest BCUT2D eigenvalue weighted by Gasteiger charge is -2.23. The summed E-state index contributed by atoms with van der Waals surface area (Å²) in [6.07, 6.45) is 1.41. The minimum atomic E-state index is -0.729. The largest absolute Gasteiger partial charge is 0.444 e. The van der Waals surface area contributed by atoms with Gasteiger partial charge in [-0.1, -0.05) is 42.5 Å². The number of thiocarbonyl (C=S) groups is 1. The number of alkyl carbamates (subject to hydrolysis) is 1. The van der Waals surface area contributed by atoms with Crippen molar-refractivity contribution in [1.29, 1.82) is 0 Å². The number of unbranched alkanes of at least 4 members (excludes halogenated alkanes) is 1. The molecular formula is C22H30N4O3S2. The molecule has 0 aliphatic carbocycles. The van der Waals surface area contributed by atoms with Crippen molar-refractivity contribution in [3.05, 3.63) is 35.7 Å². The average molecular weight is 463 g/mol. The average Bonchev–Trinajstić information content (AvgIpc) is 3.14. The summed E-state index contributed by atoms with van der Waals surface area (Å²) in [4.78, 5) is 30.3. The molecule has 1 aromatic carbocycles. The Morgan fingerprint density at radius 2 is 1.90 bits per heavy atom. The fraction of sp³-hybridized carbons (Fsp3) is 0.455. The van der Waals surface area contributed by atoms with E-state index < -0.39 is 17.7 Å². The summed E-state index contributed by atoms with van der Waals surface area (Å²) < 4.78 is 5.32. The van der Waals surface area contributed by atoms with Crippen LogP contribution in [0.25, 0.3) is 11.3 Å². The topological polar surface area (TPSA) is 92.4 Å². The van der Waals surface area contributed by atoms with Gasteiger partial charge in [-0.25, -0.2) is 9.78 Å². The first-order valence-electron chi connectivity index (χ1n) is 10.2. The number of carbonyl (C=O) groups excluding carboxylic acids is 2. The van der Waals surface area contributed by atoms with Crippen molar-refractivity contribution < 1.29 is 14.3 Å². The number of amides is 2. The highest BCUT2D eigenvalue weighted by Gasteiger charge is 2.25. The first-order chi connectivity index (χ1) is 14.6. The van der Waals surface area contributed by atoms with Crippen LogP contribution in [0, 0.1) is 0 Å². The van der Waals surface area contributed by atoms with E-state index in [2.05, 4.69) is 20.9 Å². The van der Waals surface area contributed by atoms with Crippen LogP contribution >= 0.6 is 23.6 Å². The second-order valence-corrected chi connectivity index (χ2v) is 9.54. The third-order valence-electron chi connectivity index (χ3n) is 4.10. The monoisotopic (exact) mass is 462 g/mol. The lowest BCUT2D eigenvalue weighted by molar-refractivity contribution is -0.118. The van der Waals surface area contributed by atoms with Crippen molar-refractivity contribution in [1.82, 2.24) is 15.6 Å². The third-order valence-corrected chi connectivity index (χ3v) is 5.01. The highest BCUT2D eigenvalue weighted by molar-refractivity contribution is 7.80. The predicted molar refractivity (Wildman–Crippen MR) is 129 cm³/mol. The van der Waals surface area contributed by atoms with Gasteiger partial charge in [-0.2, -0.15) is 0 Å². The number of hydrogen-bond donors (Lipinski definition) is 3. The molecule has 0 unspecified atom stereocenters. The van der Waals surface area contributed by atoms with Crippen LogP contribution in [0.4, 0.5) is 9.93 Å². The van der Waals surface area contributed by atoms with Gasteiger partial charge in [0.15, 0.2) is 5.13 Å². The predicted octanol–water partition coefficient (Wildman–Crippen LogP) is 4.75. The Bertz CT molecular complexity index is 878. The van der Waals surface area contributed by atoms with Crippen molar-refractivity contribution in [3.8, 4) is 11.3 Å². The minimum Gasteiger partial charge on any atom is -0.444 e. The van der Waals surface area contributed by atoms with Gasteiger partial charge >= 0.3 is 6.09 Å². The van der Waals surface area contributed by atoms with E-state index in [-0.39, 0.29) is 5.91 Å². The summed E-state index contributed by atoms with van der Waals surface area (Å²) in [7, 11) is 0. The van der Waals surface area contributed by atoms with E-state index >= 15 is 0 Å². The summed E-state index contributed by atoms with van der Waals surface area (Å²) >= 11 is 6.34. The number of rotatable bonds is 9. The third kappa shape index (κ3) is 9.44. The van der Waals surface area contributed by atoms with E-state index in [0.29, 0.717) is 11.6 Å². The first-order valence-corrected chi connectivity index (χ1v) is 11.5. The minimum absolute atomic E-state index is 0.321. The van der Waals surface area contributed by atoms with Crippen LogP contribution in [-0.2, 0) is 9.53 Å². The van der Waals surface area contributed by atoms with E-state index in [1.54, 1.807) is 20.8 Å². The molecule has 7 nitrogen and oxygen atoms in total. The van der Waals surface area contributed by atoms with Crippen LogP contribution in [0.1, 0.15) is 47.0 Å². The number of nitrogens with one attached hydrogen (secondary N) is 3. The van der Waals surface area contributed by atoms with Crippen molar-refractivity contribution in [2.24, 2.45) is 0 Å². The second-order valence-electron chi connectivity index (χ2n) is 8.07.